The molecular formula is C26H29N5OS. The standard InChI is InChI=1S/C26H29N5OS/c1-18-5-3-4-6-22(18)23-14-24(31-26(29-23)19(2)15-28-31)27-16-20-7-10-30(11-8-20)25(32)13-21-9-12-33-17-21/h3-6,9,12,14-15,17,20,27H,7-8,10-11,13,16H2,1-2H3. The van der Waals surface area contributed by atoms with Crippen LogP contribution in [0.3, 0.4) is 0 Å². The Labute approximate surface area is 198 Å². The molecule has 0 saturated carbocycles. The zero-order valence-corrected chi connectivity index (χ0v) is 19.9. The van der Waals surface area contributed by atoms with Gasteiger partial charge < -0.3 is 10.2 Å². The normalized spacial score (nSPS) is 14.7. The number of hydrogen-bond donors (Lipinski definition) is 1. The second-order valence-corrected chi connectivity index (χ2v) is 9.70. The van der Waals surface area contributed by atoms with E-state index in [1.807, 2.05) is 34.0 Å². The third kappa shape index (κ3) is 4.64. The number of hydrogen-bond acceptors (Lipinski definition) is 5. The van der Waals surface area contributed by atoms with Crippen LogP contribution in [0.5, 0.6) is 0 Å². The second-order valence-electron chi connectivity index (χ2n) is 8.92. The molecule has 1 aromatic carbocycles. The van der Waals surface area contributed by atoms with Crippen molar-refractivity contribution in [2.45, 2.75) is 33.1 Å². The summed E-state index contributed by atoms with van der Waals surface area (Å²) in [4.78, 5) is 19.5. The van der Waals surface area contributed by atoms with Crippen molar-refractivity contribution >= 4 is 28.7 Å². The van der Waals surface area contributed by atoms with E-state index in [1.54, 1.807) is 11.3 Å². The van der Waals surface area contributed by atoms with Crippen molar-refractivity contribution in [3.63, 3.8) is 0 Å². The first-order valence-electron chi connectivity index (χ1n) is 11.5. The van der Waals surface area contributed by atoms with Crippen LogP contribution in [0.4, 0.5) is 5.82 Å². The summed E-state index contributed by atoms with van der Waals surface area (Å²) in [5.41, 5.74) is 6.37. The fraction of sp³-hybridized carbons (Fsp3) is 0.346. The van der Waals surface area contributed by atoms with Crippen molar-refractivity contribution in [1.82, 2.24) is 19.5 Å². The number of fused-ring (bicyclic) bond motifs is 1. The van der Waals surface area contributed by atoms with Gasteiger partial charge in [0.25, 0.3) is 0 Å². The van der Waals surface area contributed by atoms with Gasteiger partial charge in [0.2, 0.25) is 5.91 Å². The van der Waals surface area contributed by atoms with E-state index in [0.717, 1.165) is 66.3 Å². The number of aromatic nitrogens is 3. The Bertz CT molecular complexity index is 1260. The Morgan fingerprint density at radius 3 is 2.73 bits per heavy atom. The second kappa shape index (κ2) is 9.35. The summed E-state index contributed by atoms with van der Waals surface area (Å²) >= 11 is 1.64. The van der Waals surface area contributed by atoms with Crippen LogP contribution in [0.1, 0.15) is 29.5 Å². The highest BCUT2D eigenvalue weighted by Crippen LogP contribution is 2.27. The number of nitrogens with one attached hydrogen (secondary N) is 1. The van der Waals surface area contributed by atoms with E-state index >= 15 is 0 Å². The number of piperidine rings is 1. The van der Waals surface area contributed by atoms with Gasteiger partial charge in [-0.1, -0.05) is 24.3 Å². The van der Waals surface area contributed by atoms with E-state index in [4.69, 9.17) is 4.98 Å². The van der Waals surface area contributed by atoms with Crippen LogP contribution in [0.15, 0.2) is 53.4 Å². The molecule has 6 nitrogen and oxygen atoms in total. The maximum absolute atomic E-state index is 12.6. The van der Waals surface area contributed by atoms with Crippen molar-refractivity contribution in [2.75, 3.05) is 25.0 Å². The Hall–Kier alpha value is -3.19. The van der Waals surface area contributed by atoms with Crippen LogP contribution in [0, 0.1) is 19.8 Å². The number of anilines is 1. The molecule has 33 heavy (non-hydrogen) atoms. The monoisotopic (exact) mass is 459 g/mol. The third-order valence-electron chi connectivity index (χ3n) is 6.54. The minimum absolute atomic E-state index is 0.241. The molecule has 0 spiro atoms. The summed E-state index contributed by atoms with van der Waals surface area (Å²) in [5, 5.41) is 12.3. The van der Waals surface area contributed by atoms with Gasteiger partial charge in [0.1, 0.15) is 5.82 Å². The molecule has 0 radical (unpaired) electrons. The number of carbonyl (C=O) groups is 1. The molecule has 1 fully saturated rings. The summed E-state index contributed by atoms with van der Waals surface area (Å²) in [6, 6.07) is 12.5. The third-order valence-corrected chi connectivity index (χ3v) is 7.28. The maximum atomic E-state index is 12.6. The van der Waals surface area contributed by atoms with Crippen LogP contribution in [0.2, 0.25) is 0 Å². The van der Waals surface area contributed by atoms with E-state index in [-0.39, 0.29) is 5.91 Å². The van der Waals surface area contributed by atoms with Crippen molar-refractivity contribution in [2.24, 2.45) is 5.92 Å². The molecule has 4 heterocycles. The average Bonchev–Trinajstić information content (AvgIpc) is 3.48. The number of thiophene rings is 1. The largest absolute Gasteiger partial charge is 0.370 e. The molecule has 0 atom stereocenters. The Morgan fingerprint density at radius 2 is 1.97 bits per heavy atom. The van der Waals surface area contributed by atoms with E-state index < -0.39 is 0 Å². The first-order chi connectivity index (χ1) is 16.1. The number of amides is 1. The summed E-state index contributed by atoms with van der Waals surface area (Å²) in [5.74, 6) is 1.73. The van der Waals surface area contributed by atoms with E-state index in [2.05, 4.69) is 53.1 Å². The molecule has 1 N–H and O–H groups in total. The van der Waals surface area contributed by atoms with Crippen LogP contribution in [0.25, 0.3) is 16.9 Å². The molecule has 7 heteroatoms. The molecule has 0 unspecified atom stereocenters. The fourth-order valence-electron chi connectivity index (χ4n) is 4.51. The number of nitrogens with zero attached hydrogens (tertiary/aromatic N) is 4. The number of carbonyl (C=O) groups excluding carboxylic acids is 1. The smallest absolute Gasteiger partial charge is 0.227 e. The summed E-state index contributed by atoms with van der Waals surface area (Å²) in [7, 11) is 0. The summed E-state index contributed by atoms with van der Waals surface area (Å²) < 4.78 is 1.90. The molecule has 1 aliphatic rings. The topological polar surface area (TPSA) is 62.5 Å². The van der Waals surface area contributed by atoms with Crippen LogP contribution >= 0.6 is 11.3 Å². The number of likely N-dealkylation sites (tertiary alicyclic amines) is 1. The Kier molecular flexibility index (Phi) is 6.13. The van der Waals surface area contributed by atoms with Crippen molar-refractivity contribution < 1.29 is 4.79 Å². The van der Waals surface area contributed by atoms with E-state index in [0.29, 0.717) is 12.3 Å². The molecule has 170 valence electrons. The van der Waals surface area contributed by atoms with Gasteiger partial charge in [-0.25, -0.2) is 4.98 Å². The maximum Gasteiger partial charge on any atom is 0.227 e. The lowest BCUT2D eigenvalue weighted by Crippen LogP contribution is -2.40. The lowest BCUT2D eigenvalue weighted by Gasteiger charge is -2.32. The minimum atomic E-state index is 0.241. The predicted octanol–water partition coefficient (Wildman–Crippen LogP) is 4.97. The van der Waals surface area contributed by atoms with Crippen molar-refractivity contribution in [1.29, 1.82) is 0 Å². The molecule has 1 amide bonds. The number of aryl methyl sites for hydroxylation is 2. The van der Waals surface area contributed by atoms with Crippen LogP contribution < -0.4 is 5.32 Å². The summed E-state index contributed by atoms with van der Waals surface area (Å²) in [6.07, 6.45) is 4.41. The first kappa shape index (κ1) is 21.6. The zero-order chi connectivity index (χ0) is 22.8. The summed E-state index contributed by atoms with van der Waals surface area (Å²) in [6.45, 7) is 6.68. The minimum Gasteiger partial charge on any atom is -0.370 e. The lowest BCUT2D eigenvalue weighted by molar-refractivity contribution is -0.131. The average molecular weight is 460 g/mol. The van der Waals surface area contributed by atoms with Gasteiger partial charge in [-0.15, -0.1) is 0 Å². The van der Waals surface area contributed by atoms with Gasteiger partial charge in [-0.3, -0.25) is 4.79 Å². The highest BCUT2D eigenvalue weighted by Gasteiger charge is 2.23. The fourth-order valence-corrected chi connectivity index (χ4v) is 5.18. The SMILES string of the molecule is Cc1ccccc1-c1cc(NCC2CCN(C(=O)Cc3ccsc3)CC2)n2ncc(C)c2n1. The number of rotatable bonds is 6. The van der Waals surface area contributed by atoms with Crippen molar-refractivity contribution in [3.05, 3.63) is 70.0 Å². The molecule has 4 aromatic rings. The van der Waals surface area contributed by atoms with Gasteiger partial charge in [0.15, 0.2) is 5.65 Å². The van der Waals surface area contributed by atoms with E-state index in [1.165, 1.54) is 5.56 Å². The highest BCUT2D eigenvalue weighted by atomic mass is 32.1. The van der Waals surface area contributed by atoms with Crippen LogP contribution in [-0.2, 0) is 11.2 Å². The Balaban J connectivity index is 1.26. The molecule has 0 bridgehead atoms. The molecule has 3 aromatic heterocycles. The number of benzene rings is 1. The first-order valence-corrected chi connectivity index (χ1v) is 12.5. The highest BCUT2D eigenvalue weighted by molar-refractivity contribution is 7.08. The molecule has 1 saturated heterocycles. The van der Waals surface area contributed by atoms with Gasteiger partial charge in [0.05, 0.1) is 18.3 Å². The Morgan fingerprint density at radius 1 is 1.15 bits per heavy atom. The molecular weight excluding hydrogens is 430 g/mol. The molecule has 5 rings (SSSR count). The van der Waals surface area contributed by atoms with E-state index in [9.17, 15) is 4.79 Å². The van der Waals surface area contributed by atoms with Gasteiger partial charge in [0, 0.05) is 36.8 Å². The predicted molar refractivity (Wildman–Crippen MR) is 134 cm³/mol. The van der Waals surface area contributed by atoms with Crippen LogP contribution in [-0.4, -0.2) is 45.0 Å². The van der Waals surface area contributed by atoms with Crippen molar-refractivity contribution in [3.8, 4) is 11.3 Å². The van der Waals surface area contributed by atoms with Gasteiger partial charge >= 0.3 is 0 Å². The molecule has 1 aliphatic heterocycles. The van der Waals surface area contributed by atoms with Gasteiger partial charge in [-0.05, 0) is 60.6 Å². The quantitative estimate of drug-likeness (QED) is 0.442. The zero-order valence-electron chi connectivity index (χ0n) is 19.1. The molecule has 0 aliphatic carbocycles. The lowest BCUT2D eigenvalue weighted by atomic mass is 9.96. The van der Waals surface area contributed by atoms with Gasteiger partial charge in [-0.2, -0.15) is 21.0 Å².